The first-order chi connectivity index (χ1) is 11.2. The summed E-state index contributed by atoms with van der Waals surface area (Å²) in [6.07, 6.45) is 0. The van der Waals surface area contributed by atoms with Crippen molar-refractivity contribution < 1.29 is 35.2 Å². The molecule has 0 bridgehead atoms. The fourth-order valence-electron chi connectivity index (χ4n) is 1.96. The highest BCUT2D eigenvalue weighted by Crippen LogP contribution is 2.40. The van der Waals surface area contributed by atoms with Gasteiger partial charge in [-0.05, 0) is 29.8 Å². The third-order valence-electron chi connectivity index (χ3n) is 3.07. The van der Waals surface area contributed by atoms with Gasteiger partial charge in [0.15, 0.2) is 5.75 Å². The molecule has 0 N–H and O–H groups in total. The van der Waals surface area contributed by atoms with Crippen molar-refractivity contribution in [3.8, 4) is 28.4 Å². The molecule has 0 aliphatic rings. The Hall–Kier alpha value is -2.42. The standard InChI is InChI=1S/C15H13F3O5S/c1-21-11-8-6-10(7-9-11)14-12(22-2)4-3-5-13(14)23-24(19,20)15(16,17)18/h3-9H,1-2H3. The Morgan fingerprint density at radius 2 is 1.46 bits per heavy atom. The van der Waals surface area contributed by atoms with E-state index in [9.17, 15) is 21.6 Å². The lowest BCUT2D eigenvalue weighted by atomic mass is 10.0. The van der Waals surface area contributed by atoms with Gasteiger partial charge in [0.25, 0.3) is 0 Å². The average Bonchev–Trinajstić information content (AvgIpc) is 2.53. The monoisotopic (exact) mass is 362 g/mol. The topological polar surface area (TPSA) is 61.8 Å². The summed E-state index contributed by atoms with van der Waals surface area (Å²) in [5, 5.41) is 0. The molecule has 24 heavy (non-hydrogen) atoms. The first-order valence-electron chi connectivity index (χ1n) is 6.52. The molecule has 0 unspecified atom stereocenters. The van der Waals surface area contributed by atoms with E-state index in [1.807, 2.05) is 0 Å². The Morgan fingerprint density at radius 3 is 1.96 bits per heavy atom. The van der Waals surface area contributed by atoms with Crippen LogP contribution in [0.1, 0.15) is 0 Å². The zero-order valence-electron chi connectivity index (χ0n) is 12.6. The molecule has 0 amide bonds. The lowest BCUT2D eigenvalue weighted by molar-refractivity contribution is -0.0499. The molecule has 0 saturated heterocycles. The fraction of sp³-hybridized carbons (Fsp3) is 0.200. The molecule has 5 nitrogen and oxygen atoms in total. The second kappa shape index (κ2) is 6.60. The SMILES string of the molecule is COc1ccc(-c2c(OC)cccc2OS(=O)(=O)C(F)(F)F)cc1. The minimum atomic E-state index is -5.80. The number of alkyl halides is 3. The second-order valence-electron chi connectivity index (χ2n) is 4.55. The Kier molecular flexibility index (Phi) is 4.93. The van der Waals surface area contributed by atoms with Crippen LogP contribution in [0.25, 0.3) is 11.1 Å². The van der Waals surface area contributed by atoms with Crippen molar-refractivity contribution >= 4 is 10.1 Å². The number of hydrogen-bond donors (Lipinski definition) is 0. The van der Waals surface area contributed by atoms with Crippen molar-refractivity contribution in [1.29, 1.82) is 0 Å². The van der Waals surface area contributed by atoms with Gasteiger partial charge in [0.1, 0.15) is 11.5 Å². The Labute approximate surface area is 136 Å². The highest BCUT2D eigenvalue weighted by Gasteiger charge is 2.49. The van der Waals surface area contributed by atoms with E-state index >= 15 is 0 Å². The molecule has 0 aliphatic carbocycles. The smallest absolute Gasteiger partial charge is 0.497 e. The quantitative estimate of drug-likeness (QED) is 0.601. The molecule has 0 aromatic heterocycles. The summed E-state index contributed by atoms with van der Waals surface area (Å²) < 4.78 is 74.7. The molecule has 2 aromatic rings. The van der Waals surface area contributed by atoms with E-state index in [0.717, 1.165) is 6.07 Å². The Balaban J connectivity index is 2.57. The van der Waals surface area contributed by atoms with E-state index in [0.29, 0.717) is 11.3 Å². The molecule has 130 valence electrons. The summed E-state index contributed by atoms with van der Waals surface area (Å²) in [7, 11) is -3.03. The maximum Gasteiger partial charge on any atom is 0.534 e. The van der Waals surface area contributed by atoms with Crippen molar-refractivity contribution in [2.45, 2.75) is 5.51 Å². The molecular formula is C15H13F3O5S. The van der Waals surface area contributed by atoms with Crippen LogP contribution in [0.5, 0.6) is 17.2 Å². The predicted molar refractivity (Wildman–Crippen MR) is 80.6 cm³/mol. The number of methoxy groups -OCH3 is 2. The molecule has 0 heterocycles. The summed E-state index contributed by atoms with van der Waals surface area (Å²) in [5.74, 6) is 0.200. The summed E-state index contributed by atoms with van der Waals surface area (Å²) >= 11 is 0. The normalized spacial score (nSPS) is 11.9. The van der Waals surface area contributed by atoms with Gasteiger partial charge in [0, 0.05) is 0 Å². The van der Waals surface area contributed by atoms with Crippen LogP contribution in [0, 0.1) is 0 Å². The summed E-state index contributed by atoms with van der Waals surface area (Å²) in [6, 6.07) is 10.2. The maximum atomic E-state index is 12.6. The number of rotatable bonds is 5. The summed E-state index contributed by atoms with van der Waals surface area (Å²) in [5.41, 5.74) is -5.05. The van der Waals surface area contributed by atoms with Gasteiger partial charge >= 0.3 is 15.6 Å². The van der Waals surface area contributed by atoms with Crippen LogP contribution in [0.3, 0.4) is 0 Å². The Bertz CT molecular complexity index is 814. The van der Waals surface area contributed by atoms with Crippen LogP contribution in [0.4, 0.5) is 13.2 Å². The van der Waals surface area contributed by atoms with Gasteiger partial charge in [0.2, 0.25) is 0 Å². The van der Waals surface area contributed by atoms with Crippen molar-refractivity contribution in [3.05, 3.63) is 42.5 Å². The van der Waals surface area contributed by atoms with Gasteiger partial charge in [-0.3, -0.25) is 0 Å². The minimum Gasteiger partial charge on any atom is -0.497 e. The van der Waals surface area contributed by atoms with E-state index < -0.39 is 21.4 Å². The number of ether oxygens (including phenoxy) is 2. The molecule has 0 saturated carbocycles. The van der Waals surface area contributed by atoms with Crippen molar-refractivity contribution in [2.75, 3.05) is 14.2 Å². The number of hydrogen-bond acceptors (Lipinski definition) is 5. The molecule has 0 spiro atoms. The van der Waals surface area contributed by atoms with Gasteiger partial charge < -0.3 is 13.7 Å². The van der Waals surface area contributed by atoms with Gasteiger partial charge in [-0.2, -0.15) is 21.6 Å². The van der Waals surface area contributed by atoms with E-state index in [1.165, 1.54) is 26.4 Å². The molecular weight excluding hydrogens is 349 g/mol. The fourth-order valence-corrected chi connectivity index (χ4v) is 2.43. The van der Waals surface area contributed by atoms with Crippen LogP contribution in [-0.2, 0) is 10.1 Å². The number of halogens is 3. The van der Waals surface area contributed by atoms with E-state index in [2.05, 4.69) is 4.18 Å². The highest BCUT2D eigenvalue weighted by atomic mass is 32.2. The molecule has 9 heteroatoms. The highest BCUT2D eigenvalue weighted by molar-refractivity contribution is 7.88. The van der Waals surface area contributed by atoms with Gasteiger partial charge in [-0.15, -0.1) is 0 Å². The molecule has 0 aliphatic heterocycles. The van der Waals surface area contributed by atoms with E-state index in [1.54, 1.807) is 24.3 Å². The van der Waals surface area contributed by atoms with Gasteiger partial charge in [0.05, 0.1) is 19.8 Å². The zero-order chi connectivity index (χ0) is 18.0. The first-order valence-corrected chi connectivity index (χ1v) is 7.92. The van der Waals surface area contributed by atoms with Crippen LogP contribution in [-0.4, -0.2) is 28.1 Å². The van der Waals surface area contributed by atoms with Crippen LogP contribution >= 0.6 is 0 Å². The van der Waals surface area contributed by atoms with Crippen LogP contribution in [0.15, 0.2) is 42.5 Å². The molecule has 0 fully saturated rings. The van der Waals surface area contributed by atoms with Crippen molar-refractivity contribution in [2.24, 2.45) is 0 Å². The molecule has 2 rings (SSSR count). The zero-order valence-corrected chi connectivity index (χ0v) is 13.4. The maximum absolute atomic E-state index is 12.6. The molecule has 0 atom stereocenters. The third kappa shape index (κ3) is 3.56. The van der Waals surface area contributed by atoms with Gasteiger partial charge in [-0.25, -0.2) is 0 Å². The third-order valence-corrected chi connectivity index (χ3v) is 4.04. The summed E-state index contributed by atoms with van der Waals surface area (Å²) in [4.78, 5) is 0. The minimum absolute atomic E-state index is 0.0791. The average molecular weight is 362 g/mol. The lowest BCUT2D eigenvalue weighted by Crippen LogP contribution is -2.28. The summed E-state index contributed by atoms with van der Waals surface area (Å²) in [6.45, 7) is 0. The van der Waals surface area contributed by atoms with Crippen molar-refractivity contribution in [1.82, 2.24) is 0 Å². The van der Waals surface area contributed by atoms with Gasteiger partial charge in [-0.1, -0.05) is 18.2 Å². The Morgan fingerprint density at radius 1 is 0.875 bits per heavy atom. The van der Waals surface area contributed by atoms with Crippen molar-refractivity contribution in [3.63, 3.8) is 0 Å². The number of benzene rings is 2. The van der Waals surface area contributed by atoms with Crippen LogP contribution in [0.2, 0.25) is 0 Å². The molecule has 0 radical (unpaired) electrons. The van der Waals surface area contributed by atoms with E-state index in [4.69, 9.17) is 9.47 Å². The predicted octanol–water partition coefficient (Wildman–Crippen LogP) is 3.60. The molecule has 2 aromatic carbocycles. The first kappa shape index (κ1) is 17.9. The largest absolute Gasteiger partial charge is 0.534 e. The van der Waals surface area contributed by atoms with Crippen LogP contribution < -0.4 is 13.7 Å². The lowest BCUT2D eigenvalue weighted by Gasteiger charge is -2.16. The second-order valence-corrected chi connectivity index (χ2v) is 6.08. The van der Waals surface area contributed by atoms with E-state index in [-0.39, 0.29) is 11.3 Å².